The molecule has 2 aromatic heterocycles. The summed E-state index contributed by atoms with van der Waals surface area (Å²) in [7, 11) is 0. The zero-order valence-corrected chi connectivity index (χ0v) is 19.5. The summed E-state index contributed by atoms with van der Waals surface area (Å²) in [5.41, 5.74) is 2.92. The minimum atomic E-state index is -0.169. The lowest BCUT2D eigenvalue weighted by atomic mass is 9.87. The molecule has 0 aliphatic rings. The predicted octanol–water partition coefficient (Wildman–Crippen LogP) is 8.28. The topological polar surface area (TPSA) is 26.3 Å². The van der Waals surface area contributed by atoms with E-state index >= 15 is 0 Å². The van der Waals surface area contributed by atoms with Gasteiger partial charge in [-0.05, 0) is 52.3 Å². The van der Waals surface area contributed by atoms with Gasteiger partial charge < -0.3 is 8.83 Å². The van der Waals surface area contributed by atoms with Gasteiger partial charge in [0.25, 0.3) is 0 Å². The van der Waals surface area contributed by atoms with Crippen LogP contribution in [0.3, 0.4) is 0 Å². The molecule has 29 heavy (non-hydrogen) atoms. The Labute approximate surface area is 176 Å². The first kappa shape index (κ1) is 24.7. The summed E-state index contributed by atoms with van der Waals surface area (Å²) >= 11 is 0. The molecule has 0 aliphatic heterocycles. The lowest BCUT2D eigenvalue weighted by molar-refractivity contribution is 0.409. The lowest BCUT2D eigenvalue weighted by Crippen LogP contribution is -2.10. The van der Waals surface area contributed by atoms with Crippen LogP contribution in [0.25, 0.3) is 0 Å². The Morgan fingerprint density at radius 3 is 1.45 bits per heavy atom. The van der Waals surface area contributed by atoms with Gasteiger partial charge in [-0.15, -0.1) is 0 Å². The van der Waals surface area contributed by atoms with Crippen molar-refractivity contribution in [3.8, 4) is 0 Å². The highest BCUT2D eigenvalue weighted by atomic mass is 19.1. The van der Waals surface area contributed by atoms with E-state index in [0.717, 1.165) is 5.76 Å². The molecular formula is C26H37FO2. The van der Waals surface area contributed by atoms with Crippen molar-refractivity contribution in [1.29, 1.82) is 0 Å². The zero-order valence-electron chi connectivity index (χ0n) is 19.5. The molecule has 0 unspecified atom stereocenters. The maximum absolute atomic E-state index is 12.5. The average Bonchev–Trinajstić information content (AvgIpc) is 3.29. The highest BCUT2D eigenvalue weighted by Gasteiger charge is 2.15. The quantitative estimate of drug-likeness (QED) is 0.379. The fourth-order valence-electron chi connectivity index (χ4n) is 2.35. The van der Waals surface area contributed by atoms with E-state index in [0.29, 0.717) is 0 Å². The number of furan rings is 2. The smallest absolute Gasteiger partial charge is 0.123 e. The zero-order chi connectivity index (χ0) is 22.3. The largest absolute Gasteiger partial charge is 0.472 e. The number of rotatable bonds is 0. The van der Waals surface area contributed by atoms with Crippen LogP contribution >= 0.6 is 0 Å². The summed E-state index contributed by atoms with van der Waals surface area (Å²) in [4.78, 5) is 0. The Morgan fingerprint density at radius 2 is 1.17 bits per heavy atom. The molecule has 0 N–H and O–H groups in total. The second-order valence-electron chi connectivity index (χ2n) is 10.2. The second kappa shape index (κ2) is 9.96. The van der Waals surface area contributed by atoms with Gasteiger partial charge in [0, 0.05) is 5.41 Å². The summed E-state index contributed by atoms with van der Waals surface area (Å²) in [5, 5.41) is 0. The Hall–Kier alpha value is -2.29. The molecule has 0 saturated carbocycles. The van der Waals surface area contributed by atoms with E-state index in [9.17, 15) is 4.39 Å². The van der Waals surface area contributed by atoms with Crippen molar-refractivity contribution in [1.82, 2.24) is 0 Å². The molecule has 3 heteroatoms. The van der Waals surface area contributed by atoms with E-state index in [2.05, 4.69) is 62.3 Å². The summed E-state index contributed by atoms with van der Waals surface area (Å²) in [6, 6.07) is 12.6. The molecule has 1 aromatic carbocycles. The van der Waals surface area contributed by atoms with Crippen molar-refractivity contribution in [2.45, 2.75) is 78.6 Å². The van der Waals surface area contributed by atoms with Gasteiger partial charge in [-0.3, -0.25) is 0 Å². The molecule has 160 valence electrons. The Bertz CT molecular complexity index is 747. The average molecular weight is 401 g/mol. The van der Waals surface area contributed by atoms with Crippen LogP contribution in [0, 0.1) is 5.82 Å². The monoisotopic (exact) mass is 400 g/mol. The van der Waals surface area contributed by atoms with Crippen molar-refractivity contribution in [2.24, 2.45) is 0 Å². The molecule has 0 fully saturated rings. The molecule has 0 spiro atoms. The van der Waals surface area contributed by atoms with Gasteiger partial charge in [-0.1, -0.05) is 74.4 Å². The van der Waals surface area contributed by atoms with Gasteiger partial charge in [-0.25, -0.2) is 4.39 Å². The summed E-state index contributed by atoms with van der Waals surface area (Å²) < 4.78 is 22.6. The first-order valence-corrected chi connectivity index (χ1v) is 10.0. The van der Waals surface area contributed by atoms with Crippen LogP contribution in [0.1, 0.15) is 79.2 Å². The molecule has 0 radical (unpaired) electrons. The van der Waals surface area contributed by atoms with E-state index in [4.69, 9.17) is 8.83 Å². The van der Waals surface area contributed by atoms with Gasteiger partial charge in [0.2, 0.25) is 0 Å². The highest BCUT2D eigenvalue weighted by molar-refractivity contribution is 5.23. The summed E-state index contributed by atoms with van der Waals surface area (Å²) in [6.07, 6.45) is 5.21. The van der Waals surface area contributed by atoms with Gasteiger partial charge in [0.15, 0.2) is 0 Å². The van der Waals surface area contributed by atoms with Crippen molar-refractivity contribution in [3.63, 3.8) is 0 Å². The minimum absolute atomic E-state index is 0.119. The van der Waals surface area contributed by atoms with Crippen LogP contribution in [0.4, 0.5) is 4.39 Å². The molecule has 0 atom stereocenters. The molecule has 2 nitrogen and oxygen atoms in total. The lowest BCUT2D eigenvalue weighted by Gasteiger charge is -2.18. The van der Waals surface area contributed by atoms with E-state index in [-0.39, 0.29) is 22.1 Å². The minimum Gasteiger partial charge on any atom is -0.472 e. The van der Waals surface area contributed by atoms with Gasteiger partial charge in [0.1, 0.15) is 11.6 Å². The molecular weight excluding hydrogens is 363 g/mol. The third kappa shape index (κ3) is 9.17. The maximum atomic E-state index is 12.5. The maximum Gasteiger partial charge on any atom is 0.123 e. The van der Waals surface area contributed by atoms with E-state index in [1.165, 1.54) is 23.3 Å². The molecule has 3 rings (SSSR count). The van der Waals surface area contributed by atoms with Crippen molar-refractivity contribution < 1.29 is 13.2 Å². The van der Waals surface area contributed by atoms with Gasteiger partial charge in [-0.2, -0.15) is 0 Å². The first-order chi connectivity index (χ1) is 13.2. The molecule has 0 amide bonds. The standard InChI is InChI=1S/C10H13F.2C8H12O/c1-10(2,3)8-4-6-9(11)7-5-8;1-8(2,3)7-4-5-9-6-7;1-8(2,3)7-5-4-6-9-7/h4-7H,1-3H3;2*4-6H,1-3H3. The summed E-state index contributed by atoms with van der Waals surface area (Å²) in [5.74, 6) is 0.875. The summed E-state index contributed by atoms with van der Waals surface area (Å²) in [6.45, 7) is 19.2. The van der Waals surface area contributed by atoms with Crippen molar-refractivity contribution in [2.75, 3.05) is 0 Å². The SMILES string of the molecule is CC(C)(C)c1ccc(F)cc1.CC(C)(C)c1ccco1.CC(C)(C)c1ccoc1. The number of hydrogen-bond donors (Lipinski definition) is 0. The fourth-order valence-corrected chi connectivity index (χ4v) is 2.35. The normalized spacial score (nSPS) is 11.8. The van der Waals surface area contributed by atoms with Crippen LogP contribution in [-0.4, -0.2) is 0 Å². The third-order valence-corrected chi connectivity index (χ3v) is 4.36. The van der Waals surface area contributed by atoms with Crippen molar-refractivity contribution in [3.05, 3.63) is 84.0 Å². The fraction of sp³-hybridized carbons (Fsp3) is 0.462. The van der Waals surface area contributed by atoms with Gasteiger partial charge >= 0.3 is 0 Å². The van der Waals surface area contributed by atoms with Gasteiger partial charge in [0.05, 0.1) is 18.8 Å². The highest BCUT2D eigenvalue weighted by Crippen LogP contribution is 2.23. The Balaban J connectivity index is 0.000000219. The van der Waals surface area contributed by atoms with Crippen LogP contribution in [-0.2, 0) is 16.2 Å². The third-order valence-electron chi connectivity index (χ3n) is 4.36. The van der Waals surface area contributed by atoms with E-state index in [1.54, 1.807) is 18.8 Å². The predicted molar refractivity (Wildman–Crippen MR) is 120 cm³/mol. The molecule has 3 aromatic rings. The number of benzene rings is 1. The Kier molecular flexibility index (Phi) is 8.50. The second-order valence-corrected chi connectivity index (χ2v) is 10.2. The number of hydrogen-bond acceptors (Lipinski definition) is 2. The van der Waals surface area contributed by atoms with Crippen LogP contribution < -0.4 is 0 Å². The van der Waals surface area contributed by atoms with E-state index < -0.39 is 0 Å². The molecule has 2 heterocycles. The molecule has 0 bridgehead atoms. The Morgan fingerprint density at radius 1 is 0.621 bits per heavy atom. The molecule has 0 saturated heterocycles. The molecule has 0 aliphatic carbocycles. The van der Waals surface area contributed by atoms with E-state index in [1.807, 2.05) is 30.3 Å². The number of halogens is 1. The van der Waals surface area contributed by atoms with Crippen LogP contribution in [0.2, 0.25) is 0 Å². The van der Waals surface area contributed by atoms with Crippen LogP contribution in [0.15, 0.2) is 70.1 Å². The van der Waals surface area contributed by atoms with Crippen molar-refractivity contribution >= 4 is 0 Å². The van der Waals surface area contributed by atoms with Crippen LogP contribution in [0.5, 0.6) is 0 Å². The first-order valence-electron chi connectivity index (χ1n) is 10.0.